The van der Waals surface area contributed by atoms with Crippen molar-refractivity contribution in [3.63, 3.8) is 0 Å². The second-order valence-electron chi connectivity index (χ2n) is 2.14. The largest absolute Gasteiger partial charge is 0.368 e. The minimum Gasteiger partial charge on any atom is -0.368 e. The lowest BCUT2D eigenvalue weighted by molar-refractivity contribution is 0.233. The molecule has 0 bridgehead atoms. The number of nitrogens with one attached hydrogen (secondary N) is 1. The topological polar surface area (TPSA) is 88.5 Å². The van der Waals surface area contributed by atoms with Crippen molar-refractivity contribution >= 4 is 11.8 Å². The number of aryl methyl sites for hydroxylation is 1. The zero-order valence-electron chi connectivity index (χ0n) is 6.73. The summed E-state index contributed by atoms with van der Waals surface area (Å²) in [5.74, 6) is 0.396. The van der Waals surface area contributed by atoms with Crippen LogP contribution in [-0.2, 0) is 6.54 Å². The van der Waals surface area contributed by atoms with Gasteiger partial charge in [-0.1, -0.05) is 0 Å². The summed E-state index contributed by atoms with van der Waals surface area (Å²) in [6.45, 7) is 2.75. The molecule has 0 saturated heterocycles. The highest BCUT2D eigenvalue weighted by molar-refractivity contribution is 5.78. The van der Waals surface area contributed by atoms with Crippen LogP contribution in [0.4, 0.5) is 5.82 Å². The first-order valence-corrected chi connectivity index (χ1v) is 3.54. The zero-order chi connectivity index (χ0) is 8.97. The molecule has 0 atom stereocenters. The number of hydrogen-bond acceptors (Lipinski definition) is 3. The standard InChI is InChI=1S/C6H11N5O/c1-2-11-4-3-5(9-11)8-6(7)10-12/h3-4,12H,2H2,1H3,(H3,7,8,9,10). The van der Waals surface area contributed by atoms with Crippen LogP contribution in [0.15, 0.2) is 17.3 Å². The van der Waals surface area contributed by atoms with Crippen LogP contribution in [0.3, 0.4) is 0 Å². The van der Waals surface area contributed by atoms with E-state index in [-0.39, 0.29) is 5.96 Å². The summed E-state index contributed by atoms with van der Waals surface area (Å²) >= 11 is 0. The summed E-state index contributed by atoms with van der Waals surface area (Å²) in [5, 5.41) is 12.3. The number of nitrogens with zero attached hydrogens (tertiary/aromatic N) is 3. The molecule has 0 aliphatic carbocycles. The van der Waals surface area contributed by atoms with Crippen molar-refractivity contribution in [1.82, 2.24) is 15.3 Å². The van der Waals surface area contributed by atoms with E-state index in [1.54, 1.807) is 22.4 Å². The average molecular weight is 169 g/mol. The summed E-state index contributed by atoms with van der Waals surface area (Å²) in [5.41, 5.74) is 6.91. The highest BCUT2D eigenvalue weighted by Gasteiger charge is 1.95. The fourth-order valence-corrected chi connectivity index (χ4v) is 0.735. The SMILES string of the molecule is CCn1ccc(N=C(N)NO)n1. The molecule has 0 spiro atoms. The van der Waals surface area contributed by atoms with Crippen LogP contribution in [0, 0.1) is 0 Å². The summed E-state index contributed by atoms with van der Waals surface area (Å²) in [4.78, 5) is 3.75. The molecule has 1 heterocycles. The molecule has 0 fully saturated rings. The molecule has 6 nitrogen and oxygen atoms in total. The van der Waals surface area contributed by atoms with E-state index in [4.69, 9.17) is 10.9 Å². The summed E-state index contributed by atoms with van der Waals surface area (Å²) < 4.78 is 1.71. The Hall–Kier alpha value is -1.56. The van der Waals surface area contributed by atoms with Gasteiger partial charge in [-0.3, -0.25) is 9.89 Å². The van der Waals surface area contributed by atoms with Gasteiger partial charge in [-0.15, -0.1) is 0 Å². The molecule has 0 unspecified atom stereocenters. The summed E-state index contributed by atoms with van der Waals surface area (Å²) in [6.07, 6.45) is 1.78. The van der Waals surface area contributed by atoms with Crippen LogP contribution < -0.4 is 11.2 Å². The summed E-state index contributed by atoms with van der Waals surface area (Å²) in [6, 6.07) is 1.70. The maximum Gasteiger partial charge on any atom is 0.219 e. The fourth-order valence-electron chi connectivity index (χ4n) is 0.735. The number of aromatic nitrogens is 2. The average Bonchev–Trinajstić information content (AvgIpc) is 2.52. The van der Waals surface area contributed by atoms with Gasteiger partial charge in [-0.05, 0) is 6.92 Å². The molecule has 1 rings (SSSR count). The number of nitrogens with two attached hydrogens (primary N) is 1. The van der Waals surface area contributed by atoms with Gasteiger partial charge in [0.25, 0.3) is 0 Å². The van der Waals surface area contributed by atoms with E-state index in [0.717, 1.165) is 6.54 Å². The molecular weight excluding hydrogens is 158 g/mol. The molecule has 0 radical (unpaired) electrons. The molecule has 12 heavy (non-hydrogen) atoms. The third kappa shape index (κ3) is 1.96. The van der Waals surface area contributed by atoms with Gasteiger partial charge in [0.1, 0.15) is 0 Å². The van der Waals surface area contributed by atoms with Gasteiger partial charge in [-0.2, -0.15) is 10.1 Å². The molecule has 6 heteroatoms. The van der Waals surface area contributed by atoms with Gasteiger partial charge in [0, 0.05) is 18.8 Å². The van der Waals surface area contributed by atoms with Gasteiger partial charge >= 0.3 is 0 Å². The van der Waals surface area contributed by atoms with E-state index in [2.05, 4.69) is 10.1 Å². The molecule has 66 valence electrons. The van der Waals surface area contributed by atoms with E-state index in [9.17, 15) is 0 Å². The second-order valence-corrected chi connectivity index (χ2v) is 2.14. The number of rotatable bonds is 2. The minimum absolute atomic E-state index is 0.0728. The Morgan fingerprint density at radius 1 is 1.92 bits per heavy atom. The Bertz CT molecular complexity index is 279. The molecule has 1 aromatic rings. The first-order chi connectivity index (χ1) is 5.76. The Morgan fingerprint density at radius 2 is 2.67 bits per heavy atom. The zero-order valence-corrected chi connectivity index (χ0v) is 6.73. The van der Waals surface area contributed by atoms with Crippen LogP contribution in [0.25, 0.3) is 0 Å². The quantitative estimate of drug-likeness (QED) is 0.326. The molecule has 0 amide bonds. The van der Waals surface area contributed by atoms with Crippen LogP contribution in [0.1, 0.15) is 6.92 Å². The molecule has 0 aromatic carbocycles. The van der Waals surface area contributed by atoms with Crippen molar-refractivity contribution < 1.29 is 5.21 Å². The lowest BCUT2D eigenvalue weighted by Crippen LogP contribution is -2.27. The first-order valence-electron chi connectivity index (χ1n) is 3.54. The van der Waals surface area contributed by atoms with E-state index in [1.165, 1.54) is 0 Å². The molecule has 0 aliphatic rings. The van der Waals surface area contributed by atoms with E-state index >= 15 is 0 Å². The Kier molecular flexibility index (Phi) is 2.65. The molecular formula is C6H11N5O. The van der Waals surface area contributed by atoms with Crippen molar-refractivity contribution in [1.29, 1.82) is 0 Å². The maximum absolute atomic E-state index is 8.32. The smallest absolute Gasteiger partial charge is 0.219 e. The second kappa shape index (κ2) is 3.72. The van der Waals surface area contributed by atoms with Gasteiger partial charge in [0.2, 0.25) is 5.96 Å². The van der Waals surface area contributed by atoms with Crippen LogP contribution in [-0.4, -0.2) is 20.9 Å². The van der Waals surface area contributed by atoms with Gasteiger partial charge < -0.3 is 5.73 Å². The first kappa shape index (κ1) is 8.54. The van der Waals surface area contributed by atoms with Crippen LogP contribution >= 0.6 is 0 Å². The monoisotopic (exact) mass is 169 g/mol. The predicted molar refractivity (Wildman–Crippen MR) is 44.1 cm³/mol. The van der Waals surface area contributed by atoms with E-state index in [1.807, 2.05) is 6.92 Å². The van der Waals surface area contributed by atoms with Crippen molar-refractivity contribution in [2.75, 3.05) is 0 Å². The van der Waals surface area contributed by atoms with Crippen LogP contribution in [0.5, 0.6) is 0 Å². The van der Waals surface area contributed by atoms with Crippen molar-refractivity contribution in [2.45, 2.75) is 13.5 Å². The van der Waals surface area contributed by atoms with Gasteiger partial charge in [-0.25, -0.2) is 5.48 Å². The third-order valence-electron chi connectivity index (χ3n) is 1.30. The van der Waals surface area contributed by atoms with Crippen LogP contribution in [0.2, 0.25) is 0 Å². The third-order valence-corrected chi connectivity index (χ3v) is 1.30. The van der Waals surface area contributed by atoms with E-state index < -0.39 is 0 Å². The van der Waals surface area contributed by atoms with Gasteiger partial charge in [0.05, 0.1) is 0 Å². The molecule has 4 N–H and O–H groups in total. The number of hydroxylamine groups is 1. The highest BCUT2D eigenvalue weighted by Crippen LogP contribution is 2.05. The molecule has 0 aliphatic heterocycles. The minimum atomic E-state index is -0.0728. The maximum atomic E-state index is 8.32. The lowest BCUT2D eigenvalue weighted by Gasteiger charge is -1.93. The molecule has 0 saturated carbocycles. The van der Waals surface area contributed by atoms with Crippen molar-refractivity contribution in [2.24, 2.45) is 10.7 Å². The predicted octanol–water partition coefficient (Wildman–Crippen LogP) is -0.172. The molecule has 1 aromatic heterocycles. The Labute approximate surface area is 69.7 Å². The number of guanidine groups is 1. The fraction of sp³-hybridized carbons (Fsp3) is 0.333. The Morgan fingerprint density at radius 3 is 3.17 bits per heavy atom. The van der Waals surface area contributed by atoms with E-state index in [0.29, 0.717) is 5.82 Å². The summed E-state index contributed by atoms with van der Waals surface area (Å²) in [7, 11) is 0. The Balaban J connectivity index is 2.76. The normalized spacial score (nSPS) is 11.7. The van der Waals surface area contributed by atoms with Crippen molar-refractivity contribution in [3.8, 4) is 0 Å². The lowest BCUT2D eigenvalue weighted by atomic mass is 10.6. The highest BCUT2D eigenvalue weighted by atomic mass is 16.5. The van der Waals surface area contributed by atoms with Gasteiger partial charge in [0.15, 0.2) is 5.82 Å². The number of hydrogen-bond donors (Lipinski definition) is 3. The van der Waals surface area contributed by atoms with Crippen molar-refractivity contribution in [3.05, 3.63) is 12.3 Å². The number of aliphatic imine (C=N–C) groups is 1.